The van der Waals surface area contributed by atoms with Gasteiger partial charge in [-0.05, 0) is 25.1 Å². The molecule has 0 aliphatic heterocycles. The van der Waals surface area contributed by atoms with Crippen LogP contribution in [0.4, 0.5) is 0 Å². The first-order valence-corrected chi connectivity index (χ1v) is 6.55. The van der Waals surface area contributed by atoms with Gasteiger partial charge in [-0.2, -0.15) is 5.26 Å². The van der Waals surface area contributed by atoms with Gasteiger partial charge in [0.05, 0.1) is 11.4 Å². The number of hydrogen-bond donors (Lipinski definition) is 1. The molecule has 3 heterocycles. The summed E-state index contributed by atoms with van der Waals surface area (Å²) in [7, 11) is 0. The highest BCUT2D eigenvalue weighted by Crippen LogP contribution is 2.25. The minimum Gasteiger partial charge on any atom is -0.356 e. The Balaban J connectivity index is 2.01. The minimum atomic E-state index is -0.274. The Kier molecular flexibility index (Phi) is 2.41. The van der Waals surface area contributed by atoms with Crippen LogP contribution in [0.1, 0.15) is 11.3 Å². The first-order chi connectivity index (χ1) is 10.7. The molecular weight excluding hydrogens is 282 g/mol. The van der Waals surface area contributed by atoms with Crippen molar-refractivity contribution in [3.8, 4) is 17.3 Å². The van der Waals surface area contributed by atoms with Crippen molar-refractivity contribution in [2.45, 2.75) is 6.92 Å². The van der Waals surface area contributed by atoms with Crippen molar-refractivity contribution in [2.24, 2.45) is 0 Å². The Morgan fingerprint density at radius 2 is 2.23 bits per heavy atom. The molecule has 0 spiro atoms. The fourth-order valence-corrected chi connectivity index (χ4v) is 2.43. The van der Waals surface area contributed by atoms with E-state index in [1.807, 2.05) is 25.1 Å². The number of hydrogen-bond acceptors (Lipinski definition) is 5. The summed E-state index contributed by atoms with van der Waals surface area (Å²) in [6, 6.07) is 8.91. The largest absolute Gasteiger partial charge is 0.356 e. The van der Waals surface area contributed by atoms with Gasteiger partial charge in [0, 0.05) is 23.2 Å². The molecule has 0 aliphatic carbocycles. The van der Waals surface area contributed by atoms with E-state index >= 15 is 0 Å². The molecule has 4 aromatic rings. The first kappa shape index (κ1) is 12.3. The maximum atomic E-state index is 12.1. The first-order valence-electron chi connectivity index (χ1n) is 6.55. The van der Waals surface area contributed by atoms with Gasteiger partial charge >= 0.3 is 0 Å². The standard InChI is InChI=1S/C15H9N5O2/c1-8-11-4-9(2-3-13(11)22-19-8)12-5-14(21)20-15(18-12)10(6-16)7-17-20/h2-5,7,17H,1H3. The summed E-state index contributed by atoms with van der Waals surface area (Å²) in [4.78, 5) is 16.6. The zero-order valence-electron chi connectivity index (χ0n) is 11.5. The summed E-state index contributed by atoms with van der Waals surface area (Å²) >= 11 is 0. The van der Waals surface area contributed by atoms with Crippen molar-refractivity contribution in [1.29, 1.82) is 5.26 Å². The van der Waals surface area contributed by atoms with E-state index in [1.54, 1.807) is 6.07 Å². The van der Waals surface area contributed by atoms with E-state index in [1.165, 1.54) is 16.8 Å². The van der Waals surface area contributed by atoms with Crippen molar-refractivity contribution in [3.05, 3.63) is 52.1 Å². The maximum Gasteiger partial charge on any atom is 0.273 e. The summed E-state index contributed by atoms with van der Waals surface area (Å²) in [5, 5.41) is 16.6. The van der Waals surface area contributed by atoms with E-state index in [2.05, 4.69) is 15.2 Å². The number of nitriles is 1. The van der Waals surface area contributed by atoms with Crippen LogP contribution in [0, 0.1) is 18.3 Å². The third-order valence-corrected chi connectivity index (χ3v) is 3.56. The van der Waals surface area contributed by atoms with Crippen LogP contribution in [0.5, 0.6) is 0 Å². The van der Waals surface area contributed by atoms with Gasteiger partial charge in [0.15, 0.2) is 11.2 Å². The lowest BCUT2D eigenvalue weighted by molar-refractivity contribution is 0.450. The number of nitrogens with zero attached hydrogens (tertiary/aromatic N) is 4. The van der Waals surface area contributed by atoms with Crippen LogP contribution >= 0.6 is 0 Å². The lowest BCUT2D eigenvalue weighted by atomic mass is 10.1. The number of nitrogens with one attached hydrogen (secondary N) is 1. The van der Waals surface area contributed by atoms with E-state index in [4.69, 9.17) is 9.78 Å². The van der Waals surface area contributed by atoms with Crippen molar-refractivity contribution >= 4 is 16.6 Å². The highest BCUT2D eigenvalue weighted by Gasteiger charge is 2.12. The second-order valence-corrected chi connectivity index (χ2v) is 4.92. The van der Waals surface area contributed by atoms with E-state index < -0.39 is 0 Å². The van der Waals surface area contributed by atoms with Crippen LogP contribution in [-0.4, -0.2) is 19.8 Å². The zero-order valence-corrected chi connectivity index (χ0v) is 11.5. The van der Waals surface area contributed by atoms with Crippen LogP contribution in [-0.2, 0) is 0 Å². The van der Waals surface area contributed by atoms with Gasteiger partial charge < -0.3 is 4.52 Å². The average Bonchev–Trinajstić information content (AvgIpc) is 3.11. The van der Waals surface area contributed by atoms with E-state index in [-0.39, 0.29) is 5.56 Å². The molecule has 3 aromatic heterocycles. The molecule has 0 saturated carbocycles. The molecule has 22 heavy (non-hydrogen) atoms. The number of benzene rings is 1. The van der Waals surface area contributed by atoms with Crippen LogP contribution < -0.4 is 5.56 Å². The highest BCUT2D eigenvalue weighted by atomic mass is 16.5. The predicted octanol–water partition coefficient (Wildman–Crippen LogP) is 2.01. The van der Waals surface area contributed by atoms with Crippen LogP contribution in [0.25, 0.3) is 27.9 Å². The van der Waals surface area contributed by atoms with Gasteiger partial charge in [-0.1, -0.05) is 5.16 Å². The smallest absolute Gasteiger partial charge is 0.273 e. The Morgan fingerprint density at radius 3 is 3.05 bits per heavy atom. The number of H-pyrrole nitrogens is 1. The number of aromatic amines is 1. The molecule has 0 aliphatic rings. The van der Waals surface area contributed by atoms with Gasteiger partial charge in [0.25, 0.3) is 5.56 Å². The van der Waals surface area contributed by atoms with E-state index in [0.717, 1.165) is 16.6 Å². The van der Waals surface area contributed by atoms with Crippen molar-refractivity contribution in [3.63, 3.8) is 0 Å². The lowest BCUT2D eigenvalue weighted by Gasteiger charge is -2.01. The second-order valence-electron chi connectivity index (χ2n) is 4.92. The average molecular weight is 291 g/mol. The molecule has 0 bridgehead atoms. The SMILES string of the molecule is Cc1noc2ccc(-c3cc(=O)n4[nH]cc(C#N)c4n3)cc12. The molecule has 1 N–H and O–H groups in total. The van der Waals surface area contributed by atoms with Crippen LogP contribution in [0.2, 0.25) is 0 Å². The summed E-state index contributed by atoms with van der Waals surface area (Å²) in [6.07, 6.45) is 1.46. The van der Waals surface area contributed by atoms with Crippen molar-refractivity contribution < 1.29 is 4.52 Å². The minimum absolute atomic E-state index is 0.274. The molecular formula is C15H9N5O2. The number of aryl methyl sites for hydroxylation is 1. The van der Waals surface area contributed by atoms with Gasteiger partial charge in [0.1, 0.15) is 11.6 Å². The normalized spacial score (nSPS) is 11.1. The molecule has 0 amide bonds. The Bertz CT molecular complexity index is 1130. The molecule has 7 heteroatoms. The van der Waals surface area contributed by atoms with E-state index in [9.17, 15) is 4.79 Å². The molecule has 0 fully saturated rings. The third kappa shape index (κ3) is 1.64. The number of fused-ring (bicyclic) bond motifs is 2. The Morgan fingerprint density at radius 1 is 1.36 bits per heavy atom. The topological polar surface area (TPSA) is 100.0 Å². The second kappa shape index (κ2) is 4.30. The summed E-state index contributed by atoms with van der Waals surface area (Å²) in [5.41, 5.74) is 3.08. The fraction of sp³-hybridized carbons (Fsp3) is 0.0667. The Hall–Kier alpha value is -3.40. The molecule has 106 valence electrons. The highest BCUT2D eigenvalue weighted by molar-refractivity contribution is 5.84. The molecule has 4 rings (SSSR count). The van der Waals surface area contributed by atoms with Gasteiger partial charge in [-0.15, -0.1) is 0 Å². The van der Waals surface area contributed by atoms with Gasteiger partial charge in [-0.25, -0.2) is 9.50 Å². The molecule has 0 unspecified atom stereocenters. The van der Waals surface area contributed by atoms with Gasteiger partial charge in [0.2, 0.25) is 0 Å². The summed E-state index contributed by atoms with van der Waals surface area (Å²) in [6.45, 7) is 1.85. The monoisotopic (exact) mass is 291 g/mol. The summed E-state index contributed by atoms with van der Waals surface area (Å²) < 4.78 is 6.41. The molecule has 0 saturated heterocycles. The Labute approximate surface area is 123 Å². The predicted molar refractivity (Wildman–Crippen MR) is 78.3 cm³/mol. The maximum absolute atomic E-state index is 12.1. The van der Waals surface area contributed by atoms with Crippen molar-refractivity contribution in [1.82, 2.24) is 19.8 Å². The molecule has 0 atom stereocenters. The number of aromatic nitrogens is 4. The fourth-order valence-electron chi connectivity index (χ4n) is 2.43. The molecule has 7 nitrogen and oxygen atoms in total. The summed E-state index contributed by atoms with van der Waals surface area (Å²) in [5.74, 6) is 0. The third-order valence-electron chi connectivity index (χ3n) is 3.56. The lowest BCUT2D eigenvalue weighted by Crippen LogP contribution is -2.14. The van der Waals surface area contributed by atoms with Crippen LogP contribution in [0.15, 0.2) is 39.8 Å². The van der Waals surface area contributed by atoms with E-state index in [0.29, 0.717) is 22.5 Å². The number of rotatable bonds is 1. The quantitative estimate of drug-likeness (QED) is 0.578. The van der Waals surface area contributed by atoms with Crippen molar-refractivity contribution in [2.75, 3.05) is 0 Å². The molecule has 0 radical (unpaired) electrons. The molecule has 1 aromatic carbocycles. The van der Waals surface area contributed by atoms with Crippen LogP contribution in [0.3, 0.4) is 0 Å². The zero-order chi connectivity index (χ0) is 15.3. The van der Waals surface area contributed by atoms with Gasteiger partial charge in [-0.3, -0.25) is 9.89 Å².